The van der Waals surface area contributed by atoms with Crippen LogP contribution in [0.2, 0.25) is 0 Å². The molecule has 1 fully saturated rings. The first-order valence-corrected chi connectivity index (χ1v) is 8.82. The van der Waals surface area contributed by atoms with Crippen LogP contribution in [0.5, 0.6) is 0 Å². The van der Waals surface area contributed by atoms with Gasteiger partial charge in [0.1, 0.15) is 0 Å². The minimum Gasteiger partial charge on any atom is -0.359 e. The summed E-state index contributed by atoms with van der Waals surface area (Å²) in [5.41, 5.74) is 4.45. The van der Waals surface area contributed by atoms with E-state index in [4.69, 9.17) is 0 Å². The molecule has 1 aromatic carbocycles. The highest BCUT2D eigenvalue weighted by Gasteiger charge is 2.32. The first-order chi connectivity index (χ1) is 12.5. The lowest BCUT2D eigenvalue weighted by atomic mass is 10.0. The van der Waals surface area contributed by atoms with Crippen molar-refractivity contribution in [2.75, 3.05) is 20.1 Å². The fourth-order valence-electron chi connectivity index (χ4n) is 3.45. The van der Waals surface area contributed by atoms with E-state index >= 15 is 0 Å². The van der Waals surface area contributed by atoms with Crippen LogP contribution in [0.1, 0.15) is 23.1 Å². The second-order valence-corrected chi connectivity index (χ2v) is 6.68. The van der Waals surface area contributed by atoms with E-state index in [1.807, 2.05) is 16.9 Å². The van der Waals surface area contributed by atoms with Crippen molar-refractivity contribution in [2.45, 2.75) is 32.9 Å². The van der Waals surface area contributed by atoms with Crippen LogP contribution in [-0.2, 0) is 16.1 Å². The van der Waals surface area contributed by atoms with E-state index in [1.165, 1.54) is 0 Å². The molecule has 2 amide bonds. The minimum atomic E-state index is -0.463. The van der Waals surface area contributed by atoms with Crippen LogP contribution in [0.3, 0.4) is 0 Å². The van der Waals surface area contributed by atoms with Crippen molar-refractivity contribution >= 4 is 11.8 Å². The molecule has 1 aliphatic heterocycles. The summed E-state index contributed by atoms with van der Waals surface area (Å²) in [5, 5.41) is 9.85. The van der Waals surface area contributed by atoms with Crippen molar-refractivity contribution in [1.82, 2.24) is 25.3 Å². The van der Waals surface area contributed by atoms with Gasteiger partial charge in [-0.3, -0.25) is 14.5 Å². The molecule has 2 aromatic rings. The number of aromatic nitrogens is 2. The highest BCUT2D eigenvalue weighted by molar-refractivity contribution is 5.88. The molecule has 0 spiro atoms. The molecule has 1 atom stereocenters. The topological polar surface area (TPSA) is 79.3 Å². The van der Waals surface area contributed by atoms with Crippen LogP contribution in [0.4, 0.5) is 0 Å². The molecule has 26 heavy (non-hydrogen) atoms. The Kier molecular flexibility index (Phi) is 5.37. The maximum atomic E-state index is 12.3. The first kappa shape index (κ1) is 18.1. The van der Waals surface area contributed by atoms with Gasteiger partial charge in [0, 0.05) is 39.1 Å². The van der Waals surface area contributed by atoms with E-state index in [-0.39, 0.29) is 18.2 Å². The highest BCUT2D eigenvalue weighted by Crippen LogP contribution is 2.24. The number of carbonyl (C=O) groups is 2. The Morgan fingerprint density at radius 3 is 2.88 bits per heavy atom. The number of hydrogen-bond acceptors (Lipinski definition) is 4. The zero-order valence-electron chi connectivity index (χ0n) is 15.5. The van der Waals surface area contributed by atoms with Crippen molar-refractivity contribution in [3.63, 3.8) is 0 Å². The summed E-state index contributed by atoms with van der Waals surface area (Å²) >= 11 is 0. The van der Waals surface area contributed by atoms with Gasteiger partial charge in [-0.05, 0) is 42.7 Å². The monoisotopic (exact) mass is 355 g/mol. The van der Waals surface area contributed by atoms with Gasteiger partial charge in [-0.15, -0.1) is 0 Å². The standard InChI is InChI=1S/C19H25N5O2/c1-13-9-14(2)15(16(10-13)24-7-4-5-22-24)12-23-8-6-21-19(26)17(23)11-18(25)20-3/h4-5,7,9-10,17H,6,8,11-12H2,1-3H3,(H,20,25)(H,21,26). The third kappa shape index (κ3) is 3.77. The minimum absolute atomic E-state index is 0.0924. The predicted molar refractivity (Wildman–Crippen MR) is 98.9 cm³/mol. The number of aryl methyl sites for hydroxylation is 2. The molecule has 1 saturated heterocycles. The van der Waals surface area contributed by atoms with E-state index < -0.39 is 6.04 Å². The second-order valence-electron chi connectivity index (χ2n) is 6.68. The first-order valence-electron chi connectivity index (χ1n) is 8.82. The molecule has 7 heteroatoms. The van der Waals surface area contributed by atoms with Crippen LogP contribution in [0.15, 0.2) is 30.6 Å². The number of hydrogen-bond donors (Lipinski definition) is 2. The van der Waals surface area contributed by atoms with Gasteiger partial charge in [0.25, 0.3) is 0 Å². The molecular weight excluding hydrogens is 330 g/mol. The Bertz CT molecular complexity index is 801. The highest BCUT2D eigenvalue weighted by atomic mass is 16.2. The van der Waals surface area contributed by atoms with Gasteiger partial charge in [-0.25, -0.2) is 4.68 Å². The maximum absolute atomic E-state index is 12.3. The molecule has 2 heterocycles. The molecule has 1 aliphatic rings. The van der Waals surface area contributed by atoms with E-state index in [2.05, 4.69) is 46.6 Å². The van der Waals surface area contributed by atoms with Gasteiger partial charge in [-0.1, -0.05) is 6.07 Å². The molecule has 0 saturated carbocycles. The summed E-state index contributed by atoms with van der Waals surface area (Å²) in [4.78, 5) is 26.3. The normalized spacial score (nSPS) is 17.8. The quantitative estimate of drug-likeness (QED) is 0.836. The summed E-state index contributed by atoms with van der Waals surface area (Å²) in [6.45, 7) is 6.03. The lowest BCUT2D eigenvalue weighted by Crippen LogP contribution is -2.56. The Balaban J connectivity index is 1.94. The molecular formula is C19H25N5O2. The van der Waals surface area contributed by atoms with Crippen LogP contribution in [0, 0.1) is 13.8 Å². The third-order valence-electron chi connectivity index (χ3n) is 4.81. The van der Waals surface area contributed by atoms with Gasteiger partial charge in [0.15, 0.2) is 0 Å². The number of piperazine rings is 1. The average Bonchev–Trinajstić information content (AvgIpc) is 3.14. The molecule has 1 aromatic heterocycles. The summed E-state index contributed by atoms with van der Waals surface area (Å²) in [6, 6.07) is 5.67. The Morgan fingerprint density at radius 1 is 1.38 bits per heavy atom. The molecule has 7 nitrogen and oxygen atoms in total. The van der Waals surface area contributed by atoms with E-state index in [9.17, 15) is 9.59 Å². The largest absolute Gasteiger partial charge is 0.359 e. The number of nitrogens with one attached hydrogen (secondary N) is 2. The molecule has 0 radical (unpaired) electrons. The number of benzene rings is 1. The van der Waals surface area contributed by atoms with Crippen LogP contribution >= 0.6 is 0 Å². The molecule has 138 valence electrons. The summed E-state index contributed by atoms with van der Waals surface area (Å²) in [6.07, 6.45) is 3.83. The fraction of sp³-hybridized carbons (Fsp3) is 0.421. The molecule has 0 aliphatic carbocycles. The Morgan fingerprint density at radius 2 is 2.19 bits per heavy atom. The zero-order chi connectivity index (χ0) is 18.7. The lowest BCUT2D eigenvalue weighted by molar-refractivity contribution is -0.134. The van der Waals surface area contributed by atoms with Crippen LogP contribution < -0.4 is 10.6 Å². The van der Waals surface area contributed by atoms with Crippen LogP contribution in [-0.4, -0.2) is 52.7 Å². The van der Waals surface area contributed by atoms with Crippen LogP contribution in [0.25, 0.3) is 5.69 Å². The molecule has 1 unspecified atom stereocenters. The van der Waals surface area contributed by atoms with Gasteiger partial charge in [0.2, 0.25) is 11.8 Å². The second kappa shape index (κ2) is 7.70. The van der Waals surface area contributed by atoms with E-state index in [1.54, 1.807) is 13.2 Å². The molecule has 2 N–H and O–H groups in total. The SMILES string of the molecule is CNC(=O)CC1C(=O)NCCN1Cc1c(C)cc(C)cc1-n1cccn1. The smallest absolute Gasteiger partial charge is 0.237 e. The van der Waals surface area contributed by atoms with Gasteiger partial charge in [-0.2, -0.15) is 5.10 Å². The van der Waals surface area contributed by atoms with Gasteiger partial charge < -0.3 is 10.6 Å². The number of nitrogens with zero attached hydrogens (tertiary/aromatic N) is 3. The summed E-state index contributed by atoms with van der Waals surface area (Å²) in [5.74, 6) is -0.227. The predicted octanol–water partition coefficient (Wildman–Crippen LogP) is 0.926. The van der Waals surface area contributed by atoms with E-state index in [0.717, 1.165) is 22.4 Å². The Labute approximate surface area is 153 Å². The fourth-order valence-corrected chi connectivity index (χ4v) is 3.45. The zero-order valence-corrected chi connectivity index (χ0v) is 15.5. The third-order valence-corrected chi connectivity index (χ3v) is 4.81. The van der Waals surface area contributed by atoms with Crippen molar-refractivity contribution in [2.24, 2.45) is 0 Å². The van der Waals surface area contributed by atoms with Crippen molar-refractivity contribution < 1.29 is 9.59 Å². The summed E-state index contributed by atoms with van der Waals surface area (Å²) in [7, 11) is 1.59. The molecule has 3 rings (SSSR count). The molecule has 0 bridgehead atoms. The lowest BCUT2D eigenvalue weighted by Gasteiger charge is -2.35. The number of carbonyl (C=O) groups excluding carboxylic acids is 2. The van der Waals surface area contributed by atoms with E-state index in [0.29, 0.717) is 19.6 Å². The number of amides is 2. The van der Waals surface area contributed by atoms with Gasteiger partial charge in [0.05, 0.1) is 18.2 Å². The number of rotatable bonds is 5. The summed E-state index contributed by atoms with van der Waals surface area (Å²) < 4.78 is 1.85. The van der Waals surface area contributed by atoms with Crippen molar-refractivity contribution in [3.8, 4) is 5.69 Å². The van der Waals surface area contributed by atoms with Gasteiger partial charge >= 0.3 is 0 Å². The van der Waals surface area contributed by atoms with Crippen molar-refractivity contribution in [3.05, 3.63) is 47.3 Å². The van der Waals surface area contributed by atoms with Crippen molar-refractivity contribution in [1.29, 1.82) is 0 Å². The maximum Gasteiger partial charge on any atom is 0.237 e. The average molecular weight is 355 g/mol. The Hall–Kier alpha value is -2.67.